The molecule has 8 heteroatoms. The van der Waals surface area contributed by atoms with Gasteiger partial charge in [-0.25, -0.2) is 15.3 Å². The van der Waals surface area contributed by atoms with Crippen molar-refractivity contribution < 1.29 is 14.4 Å². The minimum absolute atomic E-state index is 0.203. The minimum atomic E-state index is -0.370. The van der Waals surface area contributed by atoms with E-state index < -0.39 is 0 Å². The number of hydrogen-bond acceptors (Lipinski definition) is 7. The second kappa shape index (κ2) is 12.1. The molecule has 0 spiro atoms. The summed E-state index contributed by atoms with van der Waals surface area (Å²) >= 11 is 0. The van der Waals surface area contributed by atoms with Crippen LogP contribution in [0.1, 0.15) is 37.4 Å². The molecule has 166 valence electrons. The lowest BCUT2D eigenvalue weighted by Gasteiger charge is -2.22. The van der Waals surface area contributed by atoms with Gasteiger partial charge in [0, 0.05) is 38.2 Å². The minimum Gasteiger partial charge on any atom is -0.365 e. The van der Waals surface area contributed by atoms with Gasteiger partial charge in [0.2, 0.25) is 0 Å². The van der Waals surface area contributed by atoms with Crippen LogP contribution in [0.15, 0.2) is 48.8 Å². The topological polar surface area (TPSA) is 88.6 Å². The second-order valence-electron chi connectivity index (χ2n) is 7.77. The van der Waals surface area contributed by atoms with Crippen molar-refractivity contribution in [3.8, 4) is 0 Å². The summed E-state index contributed by atoms with van der Waals surface area (Å²) in [6.07, 6.45) is 8.72. The van der Waals surface area contributed by atoms with E-state index in [2.05, 4.69) is 63.9 Å². The van der Waals surface area contributed by atoms with Crippen LogP contribution in [0, 0.1) is 0 Å². The largest absolute Gasteiger partial charge is 0.365 e. The second-order valence-corrected chi connectivity index (χ2v) is 7.77. The van der Waals surface area contributed by atoms with E-state index in [0.29, 0.717) is 18.1 Å². The van der Waals surface area contributed by atoms with E-state index in [9.17, 15) is 4.79 Å². The number of aromatic nitrogens is 2. The maximum absolute atomic E-state index is 11.9. The van der Waals surface area contributed by atoms with Crippen molar-refractivity contribution >= 4 is 17.8 Å². The molecule has 1 aromatic heterocycles. The van der Waals surface area contributed by atoms with Crippen molar-refractivity contribution in [1.82, 2.24) is 20.3 Å². The Balaban J connectivity index is 1.39. The summed E-state index contributed by atoms with van der Waals surface area (Å²) in [5.74, 6) is 0.327. The van der Waals surface area contributed by atoms with Crippen LogP contribution in [-0.2, 0) is 20.9 Å². The molecule has 2 aromatic rings. The lowest BCUT2D eigenvalue weighted by Crippen LogP contribution is -2.32. The van der Waals surface area contributed by atoms with E-state index >= 15 is 0 Å². The quantitative estimate of drug-likeness (QED) is 0.447. The molecule has 2 heterocycles. The predicted octanol–water partition coefficient (Wildman–Crippen LogP) is 3.00. The summed E-state index contributed by atoms with van der Waals surface area (Å²) in [5, 5.41) is 3.35. The highest BCUT2D eigenvalue weighted by Crippen LogP contribution is 2.12. The summed E-state index contributed by atoms with van der Waals surface area (Å²) in [5.41, 5.74) is 4.25. The zero-order valence-electron chi connectivity index (χ0n) is 18.2. The van der Waals surface area contributed by atoms with Crippen LogP contribution in [0.3, 0.4) is 0 Å². The molecule has 0 bridgehead atoms. The third-order valence-corrected chi connectivity index (χ3v) is 4.78. The molecule has 1 aliphatic rings. The maximum atomic E-state index is 11.9. The standard InChI is InChI=1S/C23H31N5O3/c1-18(16-28(2)17-19-8-4-3-5-9-19)26-21-15-24-20(14-25-21)11-12-22(29)27-31-23-10-6-7-13-30-23/h3-5,8-9,11-12,14-15,18,23H,6-7,10,13,16-17H2,1-2H3,(H,25,26)(H,27,29)/t18-,23?/m1/s1. The Morgan fingerprint density at radius 1 is 1.29 bits per heavy atom. The van der Waals surface area contributed by atoms with Crippen LogP contribution in [0.2, 0.25) is 0 Å². The molecule has 0 saturated carbocycles. The van der Waals surface area contributed by atoms with Gasteiger partial charge in [-0.2, -0.15) is 0 Å². The van der Waals surface area contributed by atoms with Crippen molar-refractivity contribution in [2.24, 2.45) is 0 Å². The Hall–Kier alpha value is -2.81. The third kappa shape index (κ3) is 8.45. The zero-order chi connectivity index (χ0) is 21.9. The lowest BCUT2D eigenvalue weighted by atomic mass is 10.2. The Kier molecular flexibility index (Phi) is 8.96. The van der Waals surface area contributed by atoms with Crippen molar-refractivity contribution in [3.05, 3.63) is 60.1 Å². The van der Waals surface area contributed by atoms with Crippen molar-refractivity contribution in [1.29, 1.82) is 0 Å². The molecule has 1 saturated heterocycles. The molecule has 1 aromatic carbocycles. The first kappa shape index (κ1) is 22.9. The number of hydrogen-bond donors (Lipinski definition) is 2. The van der Waals surface area contributed by atoms with E-state index in [1.165, 1.54) is 11.6 Å². The molecule has 8 nitrogen and oxygen atoms in total. The van der Waals surface area contributed by atoms with Crippen molar-refractivity contribution in [2.75, 3.05) is 25.5 Å². The molecular weight excluding hydrogens is 394 g/mol. The molecule has 0 radical (unpaired) electrons. The highest BCUT2D eigenvalue weighted by atomic mass is 16.8. The van der Waals surface area contributed by atoms with Crippen molar-refractivity contribution in [2.45, 2.75) is 45.1 Å². The SMILES string of the molecule is C[C@H](CN(C)Cc1ccccc1)Nc1cnc(C=CC(=O)NOC2CCCCO2)cn1. The fourth-order valence-electron chi connectivity index (χ4n) is 3.35. The summed E-state index contributed by atoms with van der Waals surface area (Å²) in [4.78, 5) is 28.1. The molecule has 3 rings (SSSR count). The average Bonchev–Trinajstić information content (AvgIpc) is 2.78. The van der Waals surface area contributed by atoms with E-state index in [1.807, 2.05) is 6.07 Å². The summed E-state index contributed by atoms with van der Waals surface area (Å²) in [6, 6.07) is 10.6. The normalized spacial score (nSPS) is 17.6. The summed E-state index contributed by atoms with van der Waals surface area (Å²) in [7, 11) is 2.10. The van der Waals surface area contributed by atoms with Gasteiger partial charge in [-0.05, 0) is 38.5 Å². The average molecular weight is 426 g/mol. The summed E-state index contributed by atoms with van der Waals surface area (Å²) < 4.78 is 5.40. The van der Waals surface area contributed by atoms with Gasteiger partial charge in [0.1, 0.15) is 5.82 Å². The van der Waals surface area contributed by atoms with Crippen LogP contribution in [-0.4, -0.2) is 53.3 Å². The Bertz CT molecular complexity index is 823. The van der Waals surface area contributed by atoms with E-state index in [1.54, 1.807) is 18.5 Å². The lowest BCUT2D eigenvalue weighted by molar-refractivity contribution is -0.198. The van der Waals surface area contributed by atoms with Gasteiger partial charge < -0.3 is 15.0 Å². The smallest absolute Gasteiger partial charge is 0.267 e. The van der Waals surface area contributed by atoms with Gasteiger partial charge in [0.15, 0.2) is 6.29 Å². The van der Waals surface area contributed by atoms with Crippen LogP contribution in [0.5, 0.6) is 0 Å². The number of anilines is 1. The predicted molar refractivity (Wildman–Crippen MR) is 120 cm³/mol. The van der Waals surface area contributed by atoms with Crippen LogP contribution in [0.4, 0.5) is 5.82 Å². The van der Waals surface area contributed by atoms with Gasteiger partial charge in [0.25, 0.3) is 5.91 Å². The Morgan fingerprint density at radius 3 is 2.84 bits per heavy atom. The number of benzene rings is 1. The summed E-state index contributed by atoms with van der Waals surface area (Å²) in [6.45, 7) is 4.52. The fourth-order valence-corrected chi connectivity index (χ4v) is 3.35. The molecule has 0 aliphatic carbocycles. The van der Waals surface area contributed by atoms with Crippen LogP contribution < -0.4 is 10.8 Å². The van der Waals surface area contributed by atoms with E-state index in [-0.39, 0.29) is 18.2 Å². The van der Waals surface area contributed by atoms with Gasteiger partial charge in [-0.3, -0.25) is 9.78 Å². The van der Waals surface area contributed by atoms with Crippen LogP contribution in [0.25, 0.3) is 6.08 Å². The van der Waals surface area contributed by atoms with Gasteiger partial charge in [-0.15, -0.1) is 0 Å². The number of nitrogens with zero attached hydrogens (tertiary/aromatic N) is 3. The Morgan fingerprint density at radius 2 is 2.13 bits per heavy atom. The number of carbonyl (C=O) groups is 1. The number of rotatable bonds is 10. The monoisotopic (exact) mass is 425 g/mol. The first-order valence-electron chi connectivity index (χ1n) is 10.6. The molecule has 2 atom stereocenters. The van der Waals surface area contributed by atoms with E-state index in [4.69, 9.17) is 9.57 Å². The maximum Gasteiger partial charge on any atom is 0.267 e. The number of amides is 1. The zero-order valence-corrected chi connectivity index (χ0v) is 18.2. The number of nitrogens with one attached hydrogen (secondary N) is 2. The van der Waals surface area contributed by atoms with Crippen LogP contribution >= 0.6 is 0 Å². The molecule has 1 amide bonds. The number of hydroxylamine groups is 1. The Labute approximate surface area is 183 Å². The van der Waals surface area contributed by atoms with Gasteiger partial charge in [0.05, 0.1) is 18.1 Å². The molecule has 1 fully saturated rings. The molecule has 2 N–H and O–H groups in total. The first-order valence-corrected chi connectivity index (χ1v) is 10.6. The van der Waals surface area contributed by atoms with Gasteiger partial charge >= 0.3 is 0 Å². The number of likely N-dealkylation sites (N-methyl/N-ethyl adjacent to an activating group) is 1. The van der Waals surface area contributed by atoms with Crippen molar-refractivity contribution in [3.63, 3.8) is 0 Å². The first-order chi connectivity index (χ1) is 15.1. The molecule has 31 heavy (non-hydrogen) atoms. The van der Waals surface area contributed by atoms with Gasteiger partial charge in [-0.1, -0.05) is 30.3 Å². The number of ether oxygens (including phenoxy) is 1. The molecule has 1 aliphatic heterocycles. The third-order valence-electron chi connectivity index (χ3n) is 4.78. The molecule has 1 unspecified atom stereocenters. The van der Waals surface area contributed by atoms with E-state index in [0.717, 1.165) is 32.4 Å². The fraction of sp³-hybridized carbons (Fsp3) is 0.435. The number of carbonyl (C=O) groups excluding carboxylic acids is 1. The highest BCUT2D eigenvalue weighted by molar-refractivity contribution is 5.90. The molecular formula is C23H31N5O3. The highest BCUT2D eigenvalue weighted by Gasteiger charge is 2.15.